The Bertz CT molecular complexity index is 156. The van der Waals surface area contributed by atoms with Gasteiger partial charge in [0.2, 0.25) is 0 Å². The van der Waals surface area contributed by atoms with Crippen LogP contribution < -0.4 is 5.73 Å². The minimum atomic E-state index is -0.879. The van der Waals surface area contributed by atoms with E-state index in [1.54, 1.807) is 0 Å². The van der Waals surface area contributed by atoms with Crippen molar-refractivity contribution in [3.63, 3.8) is 0 Å². The highest BCUT2D eigenvalue weighted by Gasteiger charge is 2.09. The van der Waals surface area contributed by atoms with Gasteiger partial charge in [0.1, 0.15) is 6.04 Å². The Labute approximate surface area is 104 Å². The van der Waals surface area contributed by atoms with Crippen molar-refractivity contribution in [2.45, 2.75) is 64.3 Å². The summed E-state index contributed by atoms with van der Waals surface area (Å²) < 4.78 is 0. The van der Waals surface area contributed by atoms with Crippen molar-refractivity contribution in [2.75, 3.05) is 0 Å². The van der Waals surface area contributed by atoms with Crippen LogP contribution in [0.4, 0.5) is 0 Å². The molecule has 0 rings (SSSR count). The van der Waals surface area contributed by atoms with Crippen molar-refractivity contribution in [3.8, 4) is 0 Å². The first-order valence-electron chi connectivity index (χ1n) is 5.67. The van der Waals surface area contributed by atoms with E-state index in [0.717, 1.165) is 12.8 Å². The van der Waals surface area contributed by atoms with Crippen LogP contribution >= 0.6 is 12.4 Å². The lowest BCUT2D eigenvalue weighted by Gasteiger charge is -2.05. The summed E-state index contributed by atoms with van der Waals surface area (Å²) in [6, 6.07) is -0.661. The van der Waals surface area contributed by atoms with Gasteiger partial charge in [0.05, 0.1) is 0 Å². The number of carboxylic acid groups (broad SMARTS) is 1. The molecule has 4 nitrogen and oxygen atoms in total. The number of hydrogen-bond acceptors (Lipinski definition) is 2. The quantitative estimate of drug-likeness (QED) is 0.618. The second kappa shape index (κ2) is 14.7. The third-order valence-electron chi connectivity index (χ3n) is 2.44. The molecular weight excluding hydrogens is 230 g/mol. The number of rotatable bonds is 9. The Hall–Kier alpha value is -0.320. The molecule has 0 aromatic rings. The predicted molar refractivity (Wildman–Crippen MR) is 69.1 cm³/mol. The van der Waals surface area contributed by atoms with Gasteiger partial charge in [-0.15, -0.1) is 12.4 Å². The van der Waals surface area contributed by atoms with E-state index in [4.69, 9.17) is 10.8 Å². The number of hydrogen-bond donors (Lipinski definition) is 2. The first kappa shape index (κ1) is 21.0. The zero-order valence-corrected chi connectivity index (χ0v) is 10.9. The lowest BCUT2D eigenvalue weighted by molar-refractivity contribution is -0.138. The van der Waals surface area contributed by atoms with Crippen LogP contribution in [0.1, 0.15) is 58.3 Å². The highest BCUT2D eigenvalue weighted by atomic mass is 35.5. The van der Waals surface area contributed by atoms with Crippen LogP contribution in [-0.2, 0) is 4.79 Å². The molecule has 5 heteroatoms. The van der Waals surface area contributed by atoms with E-state index < -0.39 is 12.0 Å². The van der Waals surface area contributed by atoms with Crippen LogP contribution in [0.25, 0.3) is 0 Å². The van der Waals surface area contributed by atoms with Gasteiger partial charge in [0.15, 0.2) is 0 Å². The van der Waals surface area contributed by atoms with Crippen LogP contribution in [-0.4, -0.2) is 22.6 Å². The third kappa shape index (κ3) is 13.7. The summed E-state index contributed by atoms with van der Waals surface area (Å²) in [4.78, 5) is 10.4. The summed E-state index contributed by atoms with van der Waals surface area (Å²) in [6.07, 6.45) is 9.05. The Morgan fingerprint density at radius 2 is 1.56 bits per heavy atom. The highest BCUT2D eigenvalue weighted by Crippen LogP contribution is 2.09. The molecule has 0 saturated carbocycles. The van der Waals surface area contributed by atoms with Gasteiger partial charge in [0.25, 0.3) is 0 Å². The number of nitrogens with two attached hydrogens (primary N) is 1. The molecule has 0 heterocycles. The summed E-state index contributed by atoms with van der Waals surface area (Å²) in [5, 5.41) is 8.53. The molecule has 0 aromatic carbocycles. The fourth-order valence-corrected chi connectivity index (χ4v) is 1.44. The van der Waals surface area contributed by atoms with Gasteiger partial charge in [-0.1, -0.05) is 51.9 Å². The van der Waals surface area contributed by atoms with Gasteiger partial charge in [-0.2, -0.15) is 0 Å². The molecule has 16 heavy (non-hydrogen) atoms. The smallest absolute Gasteiger partial charge is 0.320 e. The zero-order chi connectivity index (χ0) is 10.8. The Balaban J connectivity index is -0.000000845. The number of aliphatic carboxylic acids is 1. The average Bonchev–Trinajstić information content (AvgIpc) is 2.16. The molecule has 1 unspecified atom stereocenters. The van der Waals surface area contributed by atoms with Crippen LogP contribution in [0.5, 0.6) is 0 Å². The van der Waals surface area contributed by atoms with E-state index in [-0.39, 0.29) is 17.9 Å². The van der Waals surface area contributed by atoms with Gasteiger partial charge in [-0.05, 0) is 6.42 Å². The van der Waals surface area contributed by atoms with Crippen molar-refractivity contribution in [1.82, 2.24) is 0 Å². The molecular formula is C11H26ClNO3. The van der Waals surface area contributed by atoms with Crippen molar-refractivity contribution >= 4 is 18.4 Å². The summed E-state index contributed by atoms with van der Waals surface area (Å²) in [5.74, 6) is -0.879. The standard InChI is InChI=1S/C11H23NO2.ClH.H2O/c1-2-3-4-5-6-7-8-9-10(12)11(13)14;;/h10H,2-9,12H2,1H3,(H,13,14);1H;1H2. The van der Waals surface area contributed by atoms with Crippen LogP contribution in [0.15, 0.2) is 0 Å². The van der Waals surface area contributed by atoms with Gasteiger partial charge >= 0.3 is 5.97 Å². The second-order valence-electron chi connectivity index (χ2n) is 3.85. The molecule has 0 bridgehead atoms. The fraction of sp³-hybridized carbons (Fsp3) is 0.909. The molecule has 0 aliphatic rings. The largest absolute Gasteiger partial charge is 0.480 e. The van der Waals surface area contributed by atoms with Gasteiger partial charge in [-0.3, -0.25) is 4.79 Å². The molecule has 0 radical (unpaired) electrons. The number of carboxylic acids is 1. The Kier molecular flexibility index (Phi) is 19.3. The first-order chi connectivity index (χ1) is 6.68. The normalized spacial score (nSPS) is 11.1. The molecule has 0 aliphatic heterocycles. The average molecular weight is 256 g/mol. The minimum Gasteiger partial charge on any atom is -0.480 e. The molecule has 0 aromatic heterocycles. The SMILES string of the molecule is CCCCCCCCCC(N)C(=O)O.Cl.O. The minimum absolute atomic E-state index is 0. The number of halogens is 1. The first-order valence-corrected chi connectivity index (χ1v) is 5.67. The Morgan fingerprint density at radius 3 is 2.00 bits per heavy atom. The number of carbonyl (C=O) groups is 1. The summed E-state index contributed by atoms with van der Waals surface area (Å²) >= 11 is 0. The molecule has 0 spiro atoms. The van der Waals surface area contributed by atoms with E-state index in [0.29, 0.717) is 6.42 Å². The van der Waals surface area contributed by atoms with E-state index in [9.17, 15) is 4.79 Å². The van der Waals surface area contributed by atoms with Crippen molar-refractivity contribution < 1.29 is 15.4 Å². The zero-order valence-electron chi connectivity index (χ0n) is 10.1. The van der Waals surface area contributed by atoms with Crippen LogP contribution in [0.3, 0.4) is 0 Å². The molecule has 0 fully saturated rings. The second-order valence-corrected chi connectivity index (χ2v) is 3.85. The maximum Gasteiger partial charge on any atom is 0.320 e. The van der Waals surface area contributed by atoms with Crippen molar-refractivity contribution in [3.05, 3.63) is 0 Å². The highest BCUT2D eigenvalue weighted by molar-refractivity contribution is 5.85. The molecule has 1 atom stereocenters. The summed E-state index contributed by atoms with van der Waals surface area (Å²) in [6.45, 7) is 2.20. The van der Waals surface area contributed by atoms with E-state index >= 15 is 0 Å². The van der Waals surface area contributed by atoms with Crippen molar-refractivity contribution in [1.29, 1.82) is 0 Å². The maximum atomic E-state index is 10.4. The third-order valence-corrected chi connectivity index (χ3v) is 2.44. The van der Waals surface area contributed by atoms with Gasteiger partial charge < -0.3 is 16.3 Å². The van der Waals surface area contributed by atoms with E-state index in [2.05, 4.69) is 6.92 Å². The maximum absolute atomic E-state index is 10.4. The summed E-state index contributed by atoms with van der Waals surface area (Å²) in [5.41, 5.74) is 5.38. The fourth-order valence-electron chi connectivity index (χ4n) is 1.44. The summed E-state index contributed by atoms with van der Waals surface area (Å²) in [7, 11) is 0. The molecule has 0 aliphatic carbocycles. The lowest BCUT2D eigenvalue weighted by atomic mass is 10.1. The van der Waals surface area contributed by atoms with Crippen molar-refractivity contribution in [2.24, 2.45) is 5.73 Å². The molecule has 0 saturated heterocycles. The lowest BCUT2D eigenvalue weighted by Crippen LogP contribution is -2.29. The van der Waals surface area contributed by atoms with Gasteiger partial charge in [0, 0.05) is 0 Å². The molecule has 5 N–H and O–H groups in total. The monoisotopic (exact) mass is 255 g/mol. The topological polar surface area (TPSA) is 94.8 Å². The van der Waals surface area contributed by atoms with E-state index in [1.807, 2.05) is 0 Å². The Morgan fingerprint density at radius 1 is 1.12 bits per heavy atom. The van der Waals surface area contributed by atoms with E-state index in [1.165, 1.54) is 32.1 Å². The van der Waals surface area contributed by atoms with Crippen LogP contribution in [0.2, 0.25) is 0 Å². The predicted octanol–water partition coefficient (Wildman–Crippen LogP) is 2.14. The number of unbranched alkanes of at least 4 members (excludes halogenated alkanes) is 6. The van der Waals surface area contributed by atoms with Gasteiger partial charge in [-0.25, -0.2) is 0 Å². The molecule has 0 amide bonds. The molecule has 100 valence electrons. The van der Waals surface area contributed by atoms with Crippen LogP contribution in [0, 0.1) is 0 Å².